The molecule has 0 saturated carbocycles. The van der Waals surface area contributed by atoms with Crippen LogP contribution < -0.4 is 5.32 Å². The third-order valence-corrected chi connectivity index (χ3v) is 3.71. The number of hydrogen-bond donors (Lipinski definition) is 2. The Kier molecular flexibility index (Phi) is 5.17. The van der Waals surface area contributed by atoms with E-state index in [0.29, 0.717) is 12.0 Å². The van der Waals surface area contributed by atoms with E-state index in [4.69, 9.17) is 5.11 Å². The lowest BCUT2D eigenvalue weighted by Crippen LogP contribution is -2.55. The van der Waals surface area contributed by atoms with Gasteiger partial charge < -0.3 is 10.4 Å². The molecule has 1 aromatic carbocycles. The second-order valence-corrected chi connectivity index (χ2v) is 5.12. The van der Waals surface area contributed by atoms with E-state index in [-0.39, 0.29) is 6.61 Å². The van der Waals surface area contributed by atoms with Crippen molar-refractivity contribution in [1.82, 2.24) is 10.2 Å². The van der Waals surface area contributed by atoms with E-state index in [9.17, 15) is 0 Å². The molecule has 1 atom stereocenters. The molecule has 1 heterocycles. The van der Waals surface area contributed by atoms with Crippen molar-refractivity contribution >= 4 is 0 Å². The van der Waals surface area contributed by atoms with E-state index < -0.39 is 0 Å². The monoisotopic (exact) mass is 248 g/mol. The highest BCUT2D eigenvalue weighted by atomic mass is 16.3. The maximum atomic E-state index is 9.08. The molecule has 1 fully saturated rings. The van der Waals surface area contributed by atoms with E-state index in [1.165, 1.54) is 5.56 Å². The van der Waals surface area contributed by atoms with Crippen molar-refractivity contribution in [3.8, 4) is 0 Å². The van der Waals surface area contributed by atoms with Gasteiger partial charge in [-0.3, -0.25) is 4.90 Å². The first-order valence-electron chi connectivity index (χ1n) is 6.94. The third-order valence-electron chi connectivity index (χ3n) is 3.71. The molecule has 1 saturated heterocycles. The Bertz CT molecular complexity index is 330. The largest absolute Gasteiger partial charge is 0.396 e. The van der Waals surface area contributed by atoms with Gasteiger partial charge in [0.2, 0.25) is 0 Å². The summed E-state index contributed by atoms with van der Waals surface area (Å²) >= 11 is 0. The lowest BCUT2D eigenvalue weighted by Gasteiger charge is -2.43. The van der Waals surface area contributed by atoms with Crippen LogP contribution in [0.2, 0.25) is 0 Å². The molecule has 0 unspecified atom stereocenters. The molecule has 1 aromatic rings. The summed E-state index contributed by atoms with van der Waals surface area (Å²) in [7, 11) is 0. The standard InChI is InChI=1S/C15H24N2O/c1-2-16-15(8-9-18)14-11-17(12-14)10-13-6-4-3-5-7-13/h3-7,14-16,18H,2,8-12H2,1H3/t15-/m1/s1. The Hall–Kier alpha value is -0.900. The van der Waals surface area contributed by atoms with Gasteiger partial charge in [-0.05, 0) is 24.4 Å². The number of nitrogens with zero attached hydrogens (tertiary/aromatic N) is 1. The number of aliphatic hydroxyl groups excluding tert-OH is 1. The second kappa shape index (κ2) is 6.88. The highest BCUT2D eigenvalue weighted by Gasteiger charge is 2.32. The van der Waals surface area contributed by atoms with Gasteiger partial charge >= 0.3 is 0 Å². The van der Waals surface area contributed by atoms with Gasteiger partial charge in [0, 0.05) is 32.3 Å². The fourth-order valence-corrected chi connectivity index (χ4v) is 2.74. The molecule has 0 aliphatic carbocycles. The molecule has 3 nitrogen and oxygen atoms in total. The molecule has 0 bridgehead atoms. The summed E-state index contributed by atoms with van der Waals surface area (Å²) in [6.07, 6.45) is 0.873. The van der Waals surface area contributed by atoms with Crippen molar-refractivity contribution in [3.05, 3.63) is 35.9 Å². The SMILES string of the molecule is CCN[C@H](CCO)C1CN(Cc2ccccc2)C1. The number of rotatable bonds is 7. The van der Waals surface area contributed by atoms with Crippen molar-refractivity contribution in [1.29, 1.82) is 0 Å². The molecular weight excluding hydrogens is 224 g/mol. The molecule has 100 valence electrons. The van der Waals surface area contributed by atoms with Crippen molar-refractivity contribution in [2.45, 2.75) is 25.9 Å². The number of benzene rings is 1. The van der Waals surface area contributed by atoms with E-state index in [0.717, 1.165) is 32.6 Å². The molecule has 3 heteroatoms. The fraction of sp³-hybridized carbons (Fsp3) is 0.600. The van der Waals surface area contributed by atoms with Crippen LogP contribution in [0.25, 0.3) is 0 Å². The zero-order valence-corrected chi connectivity index (χ0v) is 11.2. The molecule has 1 aliphatic rings. The Morgan fingerprint density at radius 2 is 2.06 bits per heavy atom. The molecule has 0 spiro atoms. The van der Waals surface area contributed by atoms with Gasteiger partial charge in [-0.2, -0.15) is 0 Å². The molecular formula is C15H24N2O. The Labute approximate surface area is 110 Å². The number of likely N-dealkylation sites (tertiary alicyclic amines) is 1. The summed E-state index contributed by atoms with van der Waals surface area (Å²) in [6, 6.07) is 11.1. The lowest BCUT2D eigenvalue weighted by molar-refractivity contribution is 0.0567. The van der Waals surface area contributed by atoms with E-state index in [1.54, 1.807) is 0 Å². The van der Waals surface area contributed by atoms with Gasteiger partial charge in [-0.25, -0.2) is 0 Å². The molecule has 1 aliphatic heterocycles. The van der Waals surface area contributed by atoms with Crippen LogP contribution in [0, 0.1) is 5.92 Å². The highest BCUT2D eigenvalue weighted by Crippen LogP contribution is 2.23. The summed E-state index contributed by atoms with van der Waals surface area (Å²) in [6.45, 7) is 6.74. The minimum absolute atomic E-state index is 0.285. The lowest BCUT2D eigenvalue weighted by atomic mass is 9.89. The minimum atomic E-state index is 0.285. The molecule has 0 aromatic heterocycles. The van der Waals surface area contributed by atoms with Crippen LogP contribution in [0.3, 0.4) is 0 Å². The average molecular weight is 248 g/mol. The summed E-state index contributed by atoms with van der Waals surface area (Å²) in [5.41, 5.74) is 1.39. The Morgan fingerprint density at radius 1 is 1.33 bits per heavy atom. The maximum Gasteiger partial charge on any atom is 0.0445 e. The molecule has 0 radical (unpaired) electrons. The topological polar surface area (TPSA) is 35.5 Å². The van der Waals surface area contributed by atoms with Crippen molar-refractivity contribution in [3.63, 3.8) is 0 Å². The highest BCUT2D eigenvalue weighted by molar-refractivity contribution is 5.15. The molecule has 2 rings (SSSR count). The molecule has 18 heavy (non-hydrogen) atoms. The second-order valence-electron chi connectivity index (χ2n) is 5.12. The van der Waals surface area contributed by atoms with Gasteiger partial charge in [0.25, 0.3) is 0 Å². The van der Waals surface area contributed by atoms with Gasteiger partial charge in [-0.15, -0.1) is 0 Å². The van der Waals surface area contributed by atoms with Gasteiger partial charge in [-0.1, -0.05) is 37.3 Å². The summed E-state index contributed by atoms with van der Waals surface area (Å²) < 4.78 is 0. The maximum absolute atomic E-state index is 9.08. The van der Waals surface area contributed by atoms with Crippen LogP contribution in [0.15, 0.2) is 30.3 Å². The number of aliphatic hydroxyl groups is 1. The summed E-state index contributed by atoms with van der Waals surface area (Å²) in [4.78, 5) is 2.47. The first-order valence-corrected chi connectivity index (χ1v) is 6.94. The average Bonchev–Trinajstić information content (AvgIpc) is 2.34. The molecule has 0 amide bonds. The van der Waals surface area contributed by atoms with Crippen LogP contribution in [0.1, 0.15) is 18.9 Å². The zero-order chi connectivity index (χ0) is 12.8. The van der Waals surface area contributed by atoms with E-state index in [2.05, 4.69) is 47.5 Å². The van der Waals surface area contributed by atoms with Gasteiger partial charge in [0.1, 0.15) is 0 Å². The number of nitrogens with one attached hydrogen (secondary N) is 1. The smallest absolute Gasteiger partial charge is 0.0445 e. The third kappa shape index (κ3) is 3.55. The summed E-state index contributed by atoms with van der Waals surface area (Å²) in [5.74, 6) is 0.695. The van der Waals surface area contributed by atoms with E-state index >= 15 is 0 Å². The zero-order valence-electron chi connectivity index (χ0n) is 11.2. The predicted molar refractivity (Wildman–Crippen MR) is 74.4 cm³/mol. The predicted octanol–water partition coefficient (Wildman–Crippen LogP) is 1.48. The van der Waals surface area contributed by atoms with Crippen molar-refractivity contribution < 1.29 is 5.11 Å². The van der Waals surface area contributed by atoms with Crippen molar-refractivity contribution in [2.24, 2.45) is 5.92 Å². The molecule has 2 N–H and O–H groups in total. The van der Waals surface area contributed by atoms with Crippen LogP contribution >= 0.6 is 0 Å². The summed E-state index contributed by atoms with van der Waals surface area (Å²) in [5, 5.41) is 12.6. The van der Waals surface area contributed by atoms with Crippen LogP contribution in [0.5, 0.6) is 0 Å². The van der Waals surface area contributed by atoms with Crippen LogP contribution in [-0.4, -0.2) is 42.3 Å². The van der Waals surface area contributed by atoms with Crippen molar-refractivity contribution in [2.75, 3.05) is 26.2 Å². The first kappa shape index (κ1) is 13.5. The quantitative estimate of drug-likeness (QED) is 0.767. The van der Waals surface area contributed by atoms with Gasteiger partial charge in [0.15, 0.2) is 0 Å². The van der Waals surface area contributed by atoms with Crippen LogP contribution in [-0.2, 0) is 6.54 Å². The Morgan fingerprint density at radius 3 is 2.67 bits per heavy atom. The normalized spacial score (nSPS) is 18.6. The Balaban J connectivity index is 1.75. The van der Waals surface area contributed by atoms with E-state index in [1.807, 2.05) is 0 Å². The minimum Gasteiger partial charge on any atom is -0.396 e. The fourth-order valence-electron chi connectivity index (χ4n) is 2.74. The van der Waals surface area contributed by atoms with Gasteiger partial charge in [0.05, 0.1) is 0 Å². The number of hydrogen-bond acceptors (Lipinski definition) is 3. The van der Waals surface area contributed by atoms with Crippen LogP contribution in [0.4, 0.5) is 0 Å². The first-order chi connectivity index (χ1) is 8.83.